The van der Waals surface area contributed by atoms with Gasteiger partial charge in [0.15, 0.2) is 0 Å². The fraction of sp³-hybridized carbons (Fsp3) is 0.724. The largest absolute Gasteiger partial charge is 0.496 e. The van der Waals surface area contributed by atoms with E-state index in [4.69, 9.17) is 31.5 Å². The number of anilines is 1. The van der Waals surface area contributed by atoms with Crippen LogP contribution in [0.2, 0.25) is 5.02 Å². The molecule has 1 aromatic carbocycles. The zero-order valence-corrected chi connectivity index (χ0v) is 24.8. The first kappa shape index (κ1) is 31.3. The number of likely N-dealkylation sites (tertiary alicyclic amines) is 2. The second kappa shape index (κ2) is 15.5. The Morgan fingerprint density at radius 2 is 1.90 bits per heavy atom. The quantitative estimate of drug-likeness (QED) is 0.349. The molecule has 10 heteroatoms. The summed E-state index contributed by atoms with van der Waals surface area (Å²) in [5.41, 5.74) is 6.57. The van der Waals surface area contributed by atoms with E-state index in [1.807, 2.05) is 4.90 Å². The van der Waals surface area contributed by atoms with E-state index in [-0.39, 0.29) is 24.1 Å². The summed E-state index contributed by atoms with van der Waals surface area (Å²) in [5.74, 6) is 1.10. The van der Waals surface area contributed by atoms with E-state index in [1.165, 1.54) is 20.0 Å². The molecule has 0 aliphatic carbocycles. The molecule has 2 aliphatic heterocycles. The molecule has 220 valence electrons. The monoisotopic (exact) mass is 566 g/mol. The smallest absolute Gasteiger partial charge is 0.409 e. The van der Waals surface area contributed by atoms with E-state index < -0.39 is 0 Å². The summed E-state index contributed by atoms with van der Waals surface area (Å²) in [6.07, 6.45) is 6.92. The molecule has 0 aromatic heterocycles. The van der Waals surface area contributed by atoms with Crippen molar-refractivity contribution in [2.45, 2.75) is 70.9 Å². The molecule has 0 saturated carbocycles. The van der Waals surface area contributed by atoms with Gasteiger partial charge in [-0.25, -0.2) is 4.79 Å². The van der Waals surface area contributed by atoms with E-state index in [1.54, 1.807) is 19.2 Å². The number of carbonyl (C=O) groups excluding carboxylic acids is 2. The van der Waals surface area contributed by atoms with Crippen molar-refractivity contribution in [3.05, 3.63) is 22.7 Å². The average Bonchev–Trinajstić information content (AvgIpc) is 2.95. The Hall–Kier alpha value is -2.23. The highest BCUT2D eigenvalue weighted by molar-refractivity contribution is 6.33. The Morgan fingerprint density at radius 3 is 2.54 bits per heavy atom. The number of piperidine rings is 2. The lowest BCUT2D eigenvalue weighted by Gasteiger charge is -2.40. The summed E-state index contributed by atoms with van der Waals surface area (Å²) in [4.78, 5) is 29.9. The number of hydrogen-bond acceptors (Lipinski definition) is 7. The molecule has 39 heavy (non-hydrogen) atoms. The number of nitrogen functional groups attached to an aromatic ring is 1. The van der Waals surface area contributed by atoms with Gasteiger partial charge in [-0.15, -0.1) is 0 Å². The lowest BCUT2D eigenvalue weighted by molar-refractivity contribution is -0.00161. The number of carbonyl (C=O) groups is 2. The minimum Gasteiger partial charge on any atom is -0.496 e. The summed E-state index contributed by atoms with van der Waals surface area (Å²) < 4.78 is 16.8. The van der Waals surface area contributed by atoms with Gasteiger partial charge in [-0.1, -0.05) is 44.7 Å². The van der Waals surface area contributed by atoms with Crippen LogP contribution in [-0.4, -0.2) is 87.5 Å². The first-order valence-electron chi connectivity index (χ1n) is 14.4. The van der Waals surface area contributed by atoms with E-state index in [9.17, 15) is 9.59 Å². The van der Waals surface area contributed by atoms with Gasteiger partial charge in [0.1, 0.15) is 5.75 Å². The Morgan fingerprint density at radius 1 is 1.15 bits per heavy atom. The molecule has 2 fully saturated rings. The summed E-state index contributed by atoms with van der Waals surface area (Å²) in [6, 6.07) is 2.98. The second-order valence-electron chi connectivity index (χ2n) is 10.9. The van der Waals surface area contributed by atoms with Gasteiger partial charge < -0.3 is 35.1 Å². The summed E-state index contributed by atoms with van der Waals surface area (Å²) >= 11 is 6.15. The summed E-state index contributed by atoms with van der Waals surface area (Å²) in [7, 11) is 3.18. The van der Waals surface area contributed by atoms with Gasteiger partial charge in [0, 0.05) is 45.9 Å². The number of benzene rings is 1. The van der Waals surface area contributed by atoms with Crippen LogP contribution in [-0.2, 0) is 9.47 Å². The van der Waals surface area contributed by atoms with E-state index in [0.717, 1.165) is 64.8 Å². The van der Waals surface area contributed by atoms with E-state index in [2.05, 4.69) is 24.1 Å². The van der Waals surface area contributed by atoms with Crippen molar-refractivity contribution in [1.82, 2.24) is 15.1 Å². The fourth-order valence-electron chi connectivity index (χ4n) is 5.55. The van der Waals surface area contributed by atoms with Crippen LogP contribution in [0.4, 0.5) is 10.5 Å². The molecule has 0 bridgehead atoms. The molecule has 2 saturated heterocycles. The van der Waals surface area contributed by atoms with Crippen molar-refractivity contribution < 1.29 is 23.8 Å². The lowest BCUT2D eigenvalue weighted by atomic mass is 9.94. The van der Waals surface area contributed by atoms with Crippen molar-refractivity contribution in [3.63, 3.8) is 0 Å². The normalized spacial score (nSPS) is 21.4. The summed E-state index contributed by atoms with van der Waals surface area (Å²) in [6.45, 7) is 8.91. The molecule has 3 N–H and O–H groups in total. The van der Waals surface area contributed by atoms with Gasteiger partial charge in [0.05, 0.1) is 42.1 Å². The number of nitrogens with two attached hydrogens (primary N) is 1. The van der Waals surface area contributed by atoms with Crippen LogP contribution in [0.15, 0.2) is 12.1 Å². The SMILES string of the molecule is CCCCC(CC)COC(=O)N1CCC(CN2CCC(NC(=O)c3cc(Cl)c(N)cc3OC)C(OC)C2)CC1. The van der Waals surface area contributed by atoms with Crippen LogP contribution >= 0.6 is 11.6 Å². The average molecular weight is 567 g/mol. The van der Waals surface area contributed by atoms with Gasteiger partial charge in [-0.3, -0.25) is 4.79 Å². The van der Waals surface area contributed by atoms with Crippen molar-refractivity contribution in [2.24, 2.45) is 11.8 Å². The number of methoxy groups -OCH3 is 2. The third-order valence-corrected chi connectivity index (χ3v) is 8.53. The summed E-state index contributed by atoms with van der Waals surface area (Å²) in [5, 5.41) is 3.42. The molecule has 3 unspecified atom stereocenters. The van der Waals surface area contributed by atoms with Crippen molar-refractivity contribution in [3.8, 4) is 5.75 Å². The maximum Gasteiger partial charge on any atom is 0.409 e. The van der Waals surface area contributed by atoms with Crippen LogP contribution in [0.25, 0.3) is 0 Å². The van der Waals surface area contributed by atoms with Crippen molar-refractivity contribution in [2.75, 3.05) is 59.3 Å². The molecule has 3 atom stereocenters. The van der Waals surface area contributed by atoms with Gasteiger partial charge >= 0.3 is 6.09 Å². The first-order chi connectivity index (χ1) is 18.8. The predicted molar refractivity (Wildman–Crippen MR) is 154 cm³/mol. The Labute approximate surface area is 238 Å². The van der Waals surface area contributed by atoms with Crippen LogP contribution in [0, 0.1) is 11.8 Å². The molecule has 2 amide bonds. The Bertz CT molecular complexity index is 940. The van der Waals surface area contributed by atoms with Gasteiger partial charge in [-0.2, -0.15) is 0 Å². The highest BCUT2D eigenvalue weighted by Crippen LogP contribution is 2.29. The van der Waals surface area contributed by atoms with Crippen LogP contribution in [0.3, 0.4) is 0 Å². The standard InChI is InChI=1S/C29H47ClN4O5/c1-5-7-8-20(6-2)19-39-29(36)34-13-9-21(10-14-34)17-33-12-11-25(27(18-33)38-4)32-28(35)22-15-23(30)24(31)16-26(22)37-3/h15-16,20-21,25,27H,5-14,17-19,31H2,1-4H3,(H,32,35). The highest BCUT2D eigenvalue weighted by atomic mass is 35.5. The fourth-order valence-corrected chi connectivity index (χ4v) is 5.72. The molecular formula is C29H47ClN4O5. The predicted octanol–water partition coefficient (Wildman–Crippen LogP) is 4.81. The van der Waals surface area contributed by atoms with Crippen LogP contribution in [0.5, 0.6) is 5.75 Å². The molecule has 0 radical (unpaired) electrons. The molecule has 1 aromatic rings. The maximum absolute atomic E-state index is 13.0. The van der Waals surface area contributed by atoms with Crippen molar-refractivity contribution in [1.29, 1.82) is 0 Å². The number of amides is 2. The Kier molecular flexibility index (Phi) is 12.5. The van der Waals surface area contributed by atoms with Crippen LogP contribution < -0.4 is 15.8 Å². The number of nitrogens with zero attached hydrogens (tertiary/aromatic N) is 2. The Balaban J connectivity index is 1.44. The van der Waals surface area contributed by atoms with Gasteiger partial charge in [-0.05, 0) is 43.6 Å². The molecule has 3 rings (SSSR count). The topological polar surface area (TPSA) is 106 Å². The van der Waals surface area contributed by atoms with Crippen molar-refractivity contribution >= 4 is 29.3 Å². The molecule has 9 nitrogen and oxygen atoms in total. The van der Waals surface area contributed by atoms with Gasteiger partial charge in [0.25, 0.3) is 5.91 Å². The lowest BCUT2D eigenvalue weighted by Crippen LogP contribution is -2.55. The van der Waals surface area contributed by atoms with E-state index >= 15 is 0 Å². The minimum atomic E-state index is -0.260. The third kappa shape index (κ3) is 8.88. The molecular weight excluding hydrogens is 520 g/mol. The molecule has 0 spiro atoms. The number of halogens is 1. The second-order valence-corrected chi connectivity index (χ2v) is 11.3. The third-order valence-electron chi connectivity index (χ3n) is 8.20. The van der Waals surface area contributed by atoms with Crippen LogP contribution in [0.1, 0.15) is 69.2 Å². The zero-order valence-electron chi connectivity index (χ0n) is 24.0. The number of nitrogens with one attached hydrogen (secondary N) is 1. The number of rotatable bonds is 12. The number of unbranched alkanes of at least 4 members (excludes halogenated alkanes) is 1. The number of ether oxygens (including phenoxy) is 3. The molecule has 2 heterocycles. The first-order valence-corrected chi connectivity index (χ1v) is 14.8. The maximum atomic E-state index is 13.0. The zero-order chi connectivity index (χ0) is 28.4. The molecule has 2 aliphatic rings. The minimum absolute atomic E-state index is 0.124. The number of hydrogen-bond donors (Lipinski definition) is 2. The van der Waals surface area contributed by atoms with Gasteiger partial charge in [0.2, 0.25) is 0 Å². The highest BCUT2D eigenvalue weighted by Gasteiger charge is 2.33. The van der Waals surface area contributed by atoms with E-state index in [0.29, 0.717) is 40.5 Å².